The summed E-state index contributed by atoms with van der Waals surface area (Å²) in [5.74, 6) is -0.833. The highest BCUT2D eigenvalue weighted by Crippen LogP contribution is 2.39. The van der Waals surface area contributed by atoms with Crippen LogP contribution in [0.3, 0.4) is 0 Å². The molecular formula is C20H19NO3. The Morgan fingerprint density at radius 2 is 1.67 bits per heavy atom. The maximum atomic E-state index is 12.9. The van der Waals surface area contributed by atoms with Crippen LogP contribution in [0.25, 0.3) is 0 Å². The number of carbonyl (C=O) groups is 3. The summed E-state index contributed by atoms with van der Waals surface area (Å²) in [6.07, 6.45) is -0.133. The van der Waals surface area contributed by atoms with E-state index in [0.717, 1.165) is 5.56 Å². The Balaban J connectivity index is 1.97. The number of hydrogen-bond acceptors (Lipinski definition) is 3. The first-order chi connectivity index (χ1) is 11.3. The highest BCUT2D eigenvalue weighted by Gasteiger charge is 2.49. The van der Waals surface area contributed by atoms with Crippen molar-refractivity contribution < 1.29 is 14.4 Å². The van der Waals surface area contributed by atoms with Crippen molar-refractivity contribution in [2.45, 2.75) is 20.3 Å². The molecule has 0 saturated heterocycles. The van der Waals surface area contributed by atoms with Crippen molar-refractivity contribution >= 4 is 23.2 Å². The molecule has 1 atom stereocenters. The van der Waals surface area contributed by atoms with Crippen molar-refractivity contribution in [2.75, 3.05) is 11.9 Å². The SMILES string of the molecule is Cc1ccc(C(=O)CC2(C)C(=O)c3ccccc3N(C)C2=O)cc1. The van der Waals surface area contributed by atoms with Crippen LogP contribution in [0.1, 0.15) is 39.6 Å². The molecule has 3 rings (SSSR count). The Labute approximate surface area is 141 Å². The third-order valence-corrected chi connectivity index (χ3v) is 4.68. The molecule has 1 aliphatic heterocycles. The van der Waals surface area contributed by atoms with E-state index < -0.39 is 5.41 Å². The van der Waals surface area contributed by atoms with Gasteiger partial charge >= 0.3 is 0 Å². The van der Waals surface area contributed by atoms with Crippen LogP contribution < -0.4 is 4.90 Å². The Hall–Kier alpha value is -2.75. The van der Waals surface area contributed by atoms with E-state index >= 15 is 0 Å². The standard InChI is InChI=1S/C20H19NO3/c1-13-8-10-14(11-9-13)17(22)12-20(2)18(23)15-6-4-5-7-16(15)21(3)19(20)24/h4-11H,12H2,1-3H3. The number of fused-ring (bicyclic) bond motifs is 1. The summed E-state index contributed by atoms with van der Waals surface area (Å²) in [5, 5.41) is 0. The molecule has 24 heavy (non-hydrogen) atoms. The van der Waals surface area contributed by atoms with Crippen LogP contribution in [0.5, 0.6) is 0 Å². The maximum Gasteiger partial charge on any atom is 0.241 e. The molecule has 0 N–H and O–H groups in total. The van der Waals surface area contributed by atoms with Crippen molar-refractivity contribution in [3.05, 3.63) is 65.2 Å². The molecule has 0 fully saturated rings. The number of nitrogens with zero attached hydrogens (tertiary/aromatic N) is 1. The fraction of sp³-hybridized carbons (Fsp3) is 0.250. The van der Waals surface area contributed by atoms with Crippen molar-refractivity contribution in [3.8, 4) is 0 Å². The first kappa shape index (κ1) is 16.1. The topological polar surface area (TPSA) is 54.5 Å². The maximum absolute atomic E-state index is 12.9. The molecule has 1 aliphatic rings. The first-order valence-electron chi connectivity index (χ1n) is 7.86. The lowest BCUT2D eigenvalue weighted by Gasteiger charge is -2.37. The van der Waals surface area contributed by atoms with Crippen molar-refractivity contribution in [3.63, 3.8) is 0 Å². The number of carbonyl (C=O) groups excluding carboxylic acids is 3. The summed E-state index contributed by atoms with van der Waals surface area (Å²) < 4.78 is 0. The molecule has 1 amide bonds. The lowest BCUT2D eigenvalue weighted by atomic mass is 9.73. The third kappa shape index (κ3) is 2.44. The van der Waals surface area contributed by atoms with Gasteiger partial charge in [0.15, 0.2) is 11.6 Å². The van der Waals surface area contributed by atoms with Crippen molar-refractivity contribution in [2.24, 2.45) is 5.41 Å². The number of rotatable bonds is 3. The summed E-state index contributed by atoms with van der Waals surface area (Å²) in [6.45, 7) is 3.51. The summed E-state index contributed by atoms with van der Waals surface area (Å²) in [7, 11) is 1.64. The second-order valence-electron chi connectivity index (χ2n) is 6.51. The van der Waals surface area contributed by atoms with Crippen LogP contribution >= 0.6 is 0 Å². The van der Waals surface area contributed by atoms with E-state index in [9.17, 15) is 14.4 Å². The van der Waals surface area contributed by atoms with Gasteiger partial charge in [0, 0.05) is 24.6 Å². The smallest absolute Gasteiger partial charge is 0.241 e. The fourth-order valence-corrected chi connectivity index (χ4v) is 3.15. The Kier molecular flexibility index (Phi) is 3.84. The summed E-state index contributed by atoms with van der Waals surface area (Å²) in [5.41, 5.74) is 1.28. The van der Waals surface area contributed by atoms with E-state index in [1.54, 1.807) is 50.4 Å². The van der Waals surface area contributed by atoms with Gasteiger partial charge in [-0.05, 0) is 26.0 Å². The minimum absolute atomic E-state index is 0.133. The summed E-state index contributed by atoms with van der Waals surface area (Å²) in [6, 6.07) is 14.2. The molecule has 1 heterocycles. The monoisotopic (exact) mass is 321 g/mol. The van der Waals surface area contributed by atoms with Gasteiger partial charge in [0.05, 0.1) is 5.69 Å². The van der Waals surface area contributed by atoms with Crippen LogP contribution in [-0.2, 0) is 4.79 Å². The minimum atomic E-state index is -1.37. The van der Waals surface area contributed by atoms with Gasteiger partial charge < -0.3 is 4.90 Å². The van der Waals surface area contributed by atoms with Gasteiger partial charge in [0.1, 0.15) is 5.41 Å². The van der Waals surface area contributed by atoms with Crippen LogP contribution in [0.2, 0.25) is 0 Å². The predicted octanol–water partition coefficient (Wildman–Crippen LogP) is 3.43. The summed E-state index contributed by atoms with van der Waals surface area (Å²) in [4.78, 5) is 39.8. The number of amides is 1. The van der Waals surface area contributed by atoms with Crippen molar-refractivity contribution in [1.29, 1.82) is 0 Å². The molecule has 0 saturated carbocycles. The zero-order valence-corrected chi connectivity index (χ0v) is 14.0. The van der Waals surface area contributed by atoms with Gasteiger partial charge in [-0.3, -0.25) is 14.4 Å². The van der Waals surface area contributed by atoms with E-state index in [1.807, 2.05) is 19.1 Å². The second-order valence-corrected chi connectivity index (χ2v) is 6.51. The van der Waals surface area contributed by atoms with E-state index in [2.05, 4.69) is 0 Å². The van der Waals surface area contributed by atoms with Crippen LogP contribution in [0.4, 0.5) is 5.69 Å². The predicted molar refractivity (Wildman–Crippen MR) is 92.4 cm³/mol. The van der Waals surface area contributed by atoms with Gasteiger partial charge in [-0.1, -0.05) is 42.0 Å². The number of benzene rings is 2. The lowest BCUT2D eigenvalue weighted by molar-refractivity contribution is -0.125. The molecule has 0 aliphatic carbocycles. The lowest BCUT2D eigenvalue weighted by Crippen LogP contribution is -2.51. The third-order valence-electron chi connectivity index (χ3n) is 4.68. The Morgan fingerprint density at radius 1 is 1.04 bits per heavy atom. The highest BCUT2D eigenvalue weighted by molar-refractivity contribution is 6.26. The van der Waals surface area contributed by atoms with Crippen LogP contribution in [-0.4, -0.2) is 24.5 Å². The van der Waals surface area contributed by atoms with E-state index in [-0.39, 0.29) is 23.9 Å². The largest absolute Gasteiger partial charge is 0.314 e. The van der Waals surface area contributed by atoms with E-state index in [0.29, 0.717) is 16.8 Å². The fourth-order valence-electron chi connectivity index (χ4n) is 3.15. The zero-order chi connectivity index (χ0) is 17.5. The Morgan fingerprint density at radius 3 is 2.33 bits per heavy atom. The van der Waals surface area contributed by atoms with Crippen molar-refractivity contribution in [1.82, 2.24) is 0 Å². The highest BCUT2D eigenvalue weighted by atomic mass is 16.2. The van der Waals surface area contributed by atoms with Gasteiger partial charge in [-0.15, -0.1) is 0 Å². The molecule has 1 unspecified atom stereocenters. The summed E-state index contributed by atoms with van der Waals surface area (Å²) >= 11 is 0. The first-order valence-corrected chi connectivity index (χ1v) is 7.86. The number of hydrogen-bond donors (Lipinski definition) is 0. The number of ketones is 2. The van der Waals surface area contributed by atoms with Crippen LogP contribution in [0.15, 0.2) is 48.5 Å². The van der Waals surface area contributed by atoms with Gasteiger partial charge in [0.2, 0.25) is 5.91 Å². The molecule has 0 spiro atoms. The molecule has 2 aromatic rings. The number of aryl methyl sites for hydroxylation is 1. The second kappa shape index (κ2) is 5.71. The molecule has 2 aromatic carbocycles. The molecule has 4 nitrogen and oxygen atoms in total. The number of anilines is 1. The zero-order valence-electron chi connectivity index (χ0n) is 14.0. The quantitative estimate of drug-likeness (QED) is 0.643. The molecule has 122 valence electrons. The molecule has 0 bridgehead atoms. The van der Waals surface area contributed by atoms with Gasteiger partial charge in [-0.25, -0.2) is 0 Å². The minimum Gasteiger partial charge on any atom is -0.314 e. The molecular weight excluding hydrogens is 302 g/mol. The van der Waals surface area contributed by atoms with E-state index in [1.165, 1.54) is 4.90 Å². The molecule has 0 radical (unpaired) electrons. The number of Topliss-reactive ketones (excluding diaryl/α,β-unsaturated/α-hetero) is 2. The van der Waals surface area contributed by atoms with E-state index in [4.69, 9.17) is 0 Å². The average Bonchev–Trinajstić information content (AvgIpc) is 2.59. The van der Waals surface area contributed by atoms with Gasteiger partial charge in [-0.2, -0.15) is 0 Å². The normalized spacial score (nSPS) is 20.0. The Bertz CT molecular complexity index is 838. The van der Waals surface area contributed by atoms with Crippen LogP contribution in [0, 0.1) is 12.3 Å². The number of para-hydroxylation sites is 1. The van der Waals surface area contributed by atoms with Gasteiger partial charge in [0.25, 0.3) is 0 Å². The molecule has 0 aromatic heterocycles. The average molecular weight is 321 g/mol. The molecule has 4 heteroatoms.